The Morgan fingerprint density at radius 1 is 0.481 bits per heavy atom. The molecule has 5 aromatic rings. The molecule has 0 spiro atoms. The van der Waals surface area contributed by atoms with Gasteiger partial charge in [0.25, 0.3) is 0 Å². The number of nitrogens with zero attached hydrogens (tertiary/aromatic N) is 1. The molecule has 1 aromatic heterocycles. The first-order valence-electron chi connectivity index (χ1n) is 9.08. The number of aromatic nitrogens is 2. The number of aromatic amines is 1. The van der Waals surface area contributed by atoms with E-state index in [2.05, 4.69) is 95.1 Å². The number of hydrogen-bond donors (Lipinski definition) is 1. The van der Waals surface area contributed by atoms with Crippen LogP contribution < -0.4 is 0 Å². The van der Waals surface area contributed by atoms with E-state index in [9.17, 15) is 0 Å². The zero-order valence-corrected chi connectivity index (χ0v) is 14.8. The Hall–Kier alpha value is -3.65. The van der Waals surface area contributed by atoms with E-state index in [0.717, 1.165) is 22.2 Å². The van der Waals surface area contributed by atoms with Gasteiger partial charge in [0.15, 0.2) is 0 Å². The zero-order chi connectivity index (χ0) is 18.1. The van der Waals surface area contributed by atoms with Crippen molar-refractivity contribution in [2.75, 3.05) is 0 Å². The summed E-state index contributed by atoms with van der Waals surface area (Å²) in [7, 11) is 0. The van der Waals surface area contributed by atoms with Gasteiger partial charge in [-0.05, 0) is 34.4 Å². The standard InChI is InChI=1S/C25H18N2/c1-2-7-18(8-3-1)19-13-15-20(16-14-19)21-9-6-10-22(17-21)25-23-11-4-5-12-24(23)26-27-25/h1-17H,(H,26,27). The fraction of sp³-hybridized carbons (Fsp3) is 0. The average Bonchev–Trinajstić information content (AvgIpc) is 3.19. The van der Waals surface area contributed by atoms with E-state index in [1.807, 2.05) is 18.2 Å². The fourth-order valence-electron chi connectivity index (χ4n) is 3.52. The molecule has 0 saturated heterocycles. The molecule has 2 heteroatoms. The Morgan fingerprint density at radius 3 is 1.89 bits per heavy atom. The Kier molecular flexibility index (Phi) is 3.80. The van der Waals surface area contributed by atoms with Gasteiger partial charge in [-0.3, -0.25) is 5.10 Å². The highest BCUT2D eigenvalue weighted by Crippen LogP contribution is 2.30. The van der Waals surface area contributed by atoms with Crippen LogP contribution in [-0.2, 0) is 0 Å². The van der Waals surface area contributed by atoms with Crippen LogP contribution in [-0.4, -0.2) is 10.2 Å². The van der Waals surface area contributed by atoms with Crippen molar-refractivity contribution >= 4 is 10.9 Å². The van der Waals surface area contributed by atoms with Gasteiger partial charge in [0.2, 0.25) is 0 Å². The minimum Gasteiger partial charge on any atom is -0.277 e. The Morgan fingerprint density at radius 2 is 1.07 bits per heavy atom. The molecule has 0 amide bonds. The molecule has 0 saturated carbocycles. The largest absolute Gasteiger partial charge is 0.277 e. The maximum absolute atomic E-state index is 4.53. The Bertz CT molecular complexity index is 1200. The summed E-state index contributed by atoms with van der Waals surface area (Å²) in [5.41, 5.74) is 8.04. The highest BCUT2D eigenvalue weighted by Gasteiger charge is 2.09. The maximum Gasteiger partial charge on any atom is 0.0999 e. The van der Waals surface area contributed by atoms with Gasteiger partial charge < -0.3 is 0 Å². The summed E-state index contributed by atoms with van der Waals surface area (Å²) >= 11 is 0. The van der Waals surface area contributed by atoms with Crippen LogP contribution >= 0.6 is 0 Å². The summed E-state index contributed by atoms with van der Waals surface area (Å²) in [6.45, 7) is 0. The van der Waals surface area contributed by atoms with Gasteiger partial charge in [-0.2, -0.15) is 5.10 Å². The number of nitrogens with one attached hydrogen (secondary N) is 1. The highest BCUT2D eigenvalue weighted by atomic mass is 15.1. The molecule has 0 aliphatic heterocycles. The molecule has 5 rings (SSSR count). The van der Waals surface area contributed by atoms with Gasteiger partial charge in [0, 0.05) is 10.9 Å². The number of hydrogen-bond acceptors (Lipinski definition) is 1. The van der Waals surface area contributed by atoms with Crippen LogP contribution in [0.3, 0.4) is 0 Å². The second-order valence-electron chi connectivity index (χ2n) is 6.64. The van der Waals surface area contributed by atoms with Gasteiger partial charge >= 0.3 is 0 Å². The fourth-order valence-corrected chi connectivity index (χ4v) is 3.52. The number of fused-ring (bicyclic) bond motifs is 1. The molecule has 0 atom stereocenters. The Labute approximate surface area is 158 Å². The maximum atomic E-state index is 4.53. The van der Waals surface area contributed by atoms with Gasteiger partial charge in [-0.25, -0.2) is 0 Å². The van der Waals surface area contributed by atoms with E-state index in [0.29, 0.717) is 0 Å². The van der Waals surface area contributed by atoms with E-state index < -0.39 is 0 Å². The molecule has 0 aliphatic carbocycles. The van der Waals surface area contributed by atoms with Crippen molar-refractivity contribution in [3.05, 3.63) is 103 Å². The number of para-hydroxylation sites is 1. The van der Waals surface area contributed by atoms with E-state index in [4.69, 9.17) is 0 Å². The zero-order valence-electron chi connectivity index (χ0n) is 14.8. The van der Waals surface area contributed by atoms with Crippen LogP contribution in [0.15, 0.2) is 103 Å². The minimum atomic E-state index is 0.994. The molecule has 4 aromatic carbocycles. The summed E-state index contributed by atoms with van der Waals surface area (Å²) in [5, 5.41) is 8.80. The monoisotopic (exact) mass is 346 g/mol. The molecule has 0 fully saturated rings. The quantitative estimate of drug-likeness (QED) is 0.393. The third-order valence-electron chi connectivity index (χ3n) is 4.93. The molecule has 1 N–H and O–H groups in total. The molecular weight excluding hydrogens is 328 g/mol. The smallest absolute Gasteiger partial charge is 0.0999 e. The van der Waals surface area contributed by atoms with Crippen LogP contribution in [0.5, 0.6) is 0 Å². The van der Waals surface area contributed by atoms with Crippen molar-refractivity contribution in [1.82, 2.24) is 10.2 Å². The molecule has 0 unspecified atom stereocenters. The molecular formula is C25H18N2. The lowest BCUT2D eigenvalue weighted by atomic mass is 9.98. The van der Waals surface area contributed by atoms with Gasteiger partial charge in [0.05, 0.1) is 11.2 Å². The van der Waals surface area contributed by atoms with Crippen LogP contribution in [0.2, 0.25) is 0 Å². The first-order valence-corrected chi connectivity index (χ1v) is 9.08. The van der Waals surface area contributed by atoms with Crippen molar-refractivity contribution in [3.63, 3.8) is 0 Å². The summed E-state index contributed by atoms with van der Waals surface area (Å²) < 4.78 is 0. The SMILES string of the molecule is c1ccc(-c2ccc(-c3cccc(-c4n[nH]c5ccccc45)c3)cc2)cc1. The summed E-state index contributed by atoms with van der Waals surface area (Å²) in [6.07, 6.45) is 0. The first kappa shape index (κ1) is 15.6. The lowest BCUT2D eigenvalue weighted by Gasteiger charge is -2.07. The normalized spacial score (nSPS) is 11.0. The van der Waals surface area contributed by atoms with Crippen molar-refractivity contribution in [1.29, 1.82) is 0 Å². The summed E-state index contributed by atoms with van der Waals surface area (Å²) in [6, 6.07) is 36.0. The second kappa shape index (κ2) is 6.58. The number of benzene rings is 4. The van der Waals surface area contributed by atoms with E-state index in [1.165, 1.54) is 22.3 Å². The number of rotatable bonds is 3. The van der Waals surface area contributed by atoms with Crippen molar-refractivity contribution in [2.45, 2.75) is 0 Å². The van der Waals surface area contributed by atoms with Crippen LogP contribution in [0.1, 0.15) is 0 Å². The van der Waals surface area contributed by atoms with Gasteiger partial charge in [0.1, 0.15) is 0 Å². The lowest BCUT2D eigenvalue weighted by molar-refractivity contribution is 1.12. The molecule has 2 nitrogen and oxygen atoms in total. The molecule has 0 radical (unpaired) electrons. The molecule has 1 heterocycles. The van der Waals surface area contributed by atoms with Crippen LogP contribution in [0.4, 0.5) is 0 Å². The minimum absolute atomic E-state index is 0.994. The van der Waals surface area contributed by atoms with Crippen molar-refractivity contribution in [2.24, 2.45) is 0 Å². The van der Waals surface area contributed by atoms with E-state index in [-0.39, 0.29) is 0 Å². The average molecular weight is 346 g/mol. The number of H-pyrrole nitrogens is 1. The second-order valence-corrected chi connectivity index (χ2v) is 6.64. The van der Waals surface area contributed by atoms with Crippen molar-refractivity contribution < 1.29 is 0 Å². The van der Waals surface area contributed by atoms with Gasteiger partial charge in [-0.1, -0.05) is 91.0 Å². The molecule has 0 aliphatic rings. The molecule has 27 heavy (non-hydrogen) atoms. The third-order valence-corrected chi connectivity index (χ3v) is 4.93. The predicted molar refractivity (Wildman–Crippen MR) is 112 cm³/mol. The predicted octanol–water partition coefficient (Wildman–Crippen LogP) is 6.56. The van der Waals surface area contributed by atoms with Gasteiger partial charge in [-0.15, -0.1) is 0 Å². The molecule has 128 valence electrons. The molecule has 0 bridgehead atoms. The highest BCUT2D eigenvalue weighted by molar-refractivity contribution is 5.93. The third kappa shape index (κ3) is 2.91. The first-order chi connectivity index (χ1) is 13.4. The van der Waals surface area contributed by atoms with E-state index >= 15 is 0 Å². The van der Waals surface area contributed by atoms with Crippen LogP contribution in [0.25, 0.3) is 44.4 Å². The summed E-state index contributed by atoms with van der Waals surface area (Å²) in [5.74, 6) is 0. The van der Waals surface area contributed by atoms with E-state index in [1.54, 1.807) is 0 Å². The van der Waals surface area contributed by atoms with Crippen LogP contribution in [0, 0.1) is 0 Å². The lowest BCUT2D eigenvalue weighted by Crippen LogP contribution is -1.83. The summed E-state index contributed by atoms with van der Waals surface area (Å²) in [4.78, 5) is 0. The van der Waals surface area contributed by atoms with Crippen molar-refractivity contribution in [3.8, 4) is 33.5 Å². The topological polar surface area (TPSA) is 28.7 Å². The Balaban J connectivity index is 1.52.